The summed E-state index contributed by atoms with van der Waals surface area (Å²) in [4.78, 5) is 25.4. The highest BCUT2D eigenvalue weighted by molar-refractivity contribution is 5.94. The van der Waals surface area contributed by atoms with Gasteiger partial charge in [-0.2, -0.15) is 0 Å². The Balaban J connectivity index is 1.98. The number of methoxy groups -OCH3 is 1. The first kappa shape index (κ1) is 13.6. The number of rotatable bonds is 3. The van der Waals surface area contributed by atoms with Crippen LogP contribution in [0.5, 0.6) is 5.75 Å². The van der Waals surface area contributed by atoms with Gasteiger partial charge in [-0.1, -0.05) is 0 Å². The Morgan fingerprint density at radius 1 is 1.16 bits per heavy atom. The smallest absolute Gasteiger partial charge is 0.253 e. The first-order valence-electron chi connectivity index (χ1n) is 6.55. The van der Waals surface area contributed by atoms with Crippen molar-refractivity contribution in [3.63, 3.8) is 0 Å². The van der Waals surface area contributed by atoms with E-state index in [4.69, 9.17) is 4.74 Å². The number of piperidine rings is 1. The summed E-state index contributed by atoms with van der Waals surface area (Å²) in [5.41, 5.74) is 0.669. The van der Waals surface area contributed by atoms with Crippen LogP contribution in [0.2, 0.25) is 0 Å². The third-order valence-corrected chi connectivity index (χ3v) is 3.69. The molecule has 0 N–H and O–H groups in total. The van der Waals surface area contributed by atoms with Crippen molar-refractivity contribution in [1.82, 2.24) is 4.90 Å². The standard InChI is InChI=1S/C15H19NO3/c1-11(17)12-7-9-16(10-8-12)15(18)13-3-5-14(19-2)6-4-13/h3-6,12H,7-10H2,1-2H3. The molecule has 19 heavy (non-hydrogen) atoms. The number of carbonyl (C=O) groups is 2. The van der Waals surface area contributed by atoms with E-state index in [9.17, 15) is 9.59 Å². The molecule has 1 saturated heterocycles. The molecule has 0 unspecified atom stereocenters. The molecule has 0 radical (unpaired) electrons. The molecule has 1 aromatic rings. The number of ether oxygens (including phenoxy) is 1. The van der Waals surface area contributed by atoms with Crippen LogP contribution in [0.3, 0.4) is 0 Å². The maximum atomic E-state index is 12.3. The van der Waals surface area contributed by atoms with Crippen molar-refractivity contribution in [3.05, 3.63) is 29.8 Å². The van der Waals surface area contributed by atoms with E-state index >= 15 is 0 Å². The van der Waals surface area contributed by atoms with Crippen molar-refractivity contribution in [2.45, 2.75) is 19.8 Å². The number of hydrogen-bond donors (Lipinski definition) is 0. The Labute approximate surface area is 113 Å². The second-order valence-corrected chi connectivity index (χ2v) is 4.91. The monoisotopic (exact) mass is 261 g/mol. The Morgan fingerprint density at radius 3 is 2.21 bits per heavy atom. The lowest BCUT2D eigenvalue weighted by Gasteiger charge is -2.30. The van der Waals surface area contributed by atoms with E-state index in [-0.39, 0.29) is 17.6 Å². The molecule has 1 aliphatic rings. The molecule has 0 saturated carbocycles. The van der Waals surface area contributed by atoms with E-state index in [1.807, 2.05) is 4.90 Å². The highest BCUT2D eigenvalue weighted by atomic mass is 16.5. The van der Waals surface area contributed by atoms with Gasteiger partial charge in [-0.25, -0.2) is 0 Å². The number of benzene rings is 1. The van der Waals surface area contributed by atoms with Crippen molar-refractivity contribution >= 4 is 11.7 Å². The van der Waals surface area contributed by atoms with E-state index in [0.717, 1.165) is 18.6 Å². The number of carbonyl (C=O) groups excluding carboxylic acids is 2. The van der Waals surface area contributed by atoms with Crippen LogP contribution in [0.25, 0.3) is 0 Å². The number of Topliss-reactive ketones (excluding diaryl/α,β-unsaturated/α-hetero) is 1. The van der Waals surface area contributed by atoms with Gasteiger partial charge in [-0.3, -0.25) is 9.59 Å². The van der Waals surface area contributed by atoms with E-state index < -0.39 is 0 Å². The predicted molar refractivity (Wildman–Crippen MR) is 72.3 cm³/mol. The number of amides is 1. The molecule has 0 atom stereocenters. The van der Waals surface area contributed by atoms with Gasteiger partial charge in [-0.05, 0) is 44.0 Å². The number of hydrogen-bond acceptors (Lipinski definition) is 3. The van der Waals surface area contributed by atoms with Crippen molar-refractivity contribution in [2.75, 3.05) is 20.2 Å². The molecular weight excluding hydrogens is 242 g/mol. The first-order valence-corrected chi connectivity index (χ1v) is 6.55. The summed E-state index contributed by atoms with van der Waals surface area (Å²) in [6.45, 7) is 2.95. The van der Waals surface area contributed by atoms with Gasteiger partial charge in [0.15, 0.2) is 0 Å². The average molecular weight is 261 g/mol. The first-order chi connectivity index (χ1) is 9.11. The summed E-state index contributed by atoms with van der Waals surface area (Å²) >= 11 is 0. The molecule has 0 aliphatic carbocycles. The maximum Gasteiger partial charge on any atom is 0.253 e. The summed E-state index contributed by atoms with van der Waals surface area (Å²) < 4.78 is 5.07. The minimum atomic E-state index is 0.0321. The van der Waals surface area contributed by atoms with Crippen LogP contribution in [-0.2, 0) is 4.79 Å². The van der Waals surface area contributed by atoms with Crippen LogP contribution in [0, 0.1) is 5.92 Å². The SMILES string of the molecule is COc1ccc(C(=O)N2CCC(C(C)=O)CC2)cc1. The summed E-state index contributed by atoms with van der Waals surface area (Å²) in [7, 11) is 1.60. The van der Waals surface area contributed by atoms with Gasteiger partial charge in [0.1, 0.15) is 11.5 Å². The largest absolute Gasteiger partial charge is 0.497 e. The minimum Gasteiger partial charge on any atom is -0.497 e. The van der Waals surface area contributed by atoms with Crippen LogP contribution in [-0.4, -0.2) is 36.8 Å². The third-order valence-electron chi connectivity index (χ3n) is 3.69. The molecule has 1 amide bonds. The van der Waals surface area contributed by atoms with Crippen LogP contribution in [0.15, 0.2) is 24.3 Å². The summed E-state index contributed by atoms with van der Waals surface area (Å²) in [5.74, 6) is 1.13. The molecule has 1 heterocycles. The van der Waals surface area contributed by atoms with E-state index in [0.29, 0.717) is 18.7 Å². The molecule has 0 spiro atoms. The lowest BCUT2D eigenvalue weighted by atomic mass is 9.93. The highest BCUT2D eigenvalue weighted by Gasteiger charge is 2.25. The molecule has 0 aromatic heterocycles. The molecule has 1 fully saturated rings. The number of nitrogens with zero attached hydrogens (tertiary/aromatic N) is 1. The number of ketones is 1. The van der Waals surface area contributed by atoms with E-state index in [1.165, 1.54) is 0 Å². The zero-order valence-corrected chi connectivity index (χ0v) is 11.4. The summed E-state index contributed by atoms with van der Waals surface area (Å²) in [5, 5.41) is 0. The molecule has 1 aliphatic heterocycles. The van der Waals surface area contributed by atoms with Gasteiger partial charge in [-0.15, -0.1) is 0 Å². The summed E-state index contributed by atoms with van der Waals surface area (Å²) in [6, 6.07) is 7.13. The van der Waals surface area contributed by atoms with Crippen molar-refractivity contribution in [3.8, 4) is 5.75 Å². The van der Waals surface area contributed by atoms with Gasteiger partial charge in [0, 0.05) is 24.6 Å². The fourth-order valence-corrected chi connectivity index (χ4v) is 2.41. The van der Waals surface area contributed by atoms with Crippen LogP contribution in [0.4, 0.5) is 0 Å². The van der Waals surface area contributed by atoms with Gasteiger partial charge < -0.3 is 9.64 Å². The average Bonchev–Trinajstić information content (AvgIpc) is 2.46. The molecule has 1 aromatic carbocycles. The Morgan fingerprint density at radius 2 is 1.74 bits per heavy atom. The third kappa shape index (κ3) is 3.13. The zero-order chi connectivity index (χ0) is 13.8. The van der Waals surface area contributed by atoms with Crippen molar-refractivity contribution in [1.29, 1.82) is 0 Å². The van der Waals surface area contributed by atoms with Gasteiger partial charge in [0.25, 0.3) is 5.91 Å². The molecular formula is C15H19NO3. The minimum absolute atomic E-state index is 0.0321. The molecule has 0 bridgehead atoms. The lowest BCUT2D eigenvalue weighted by Crippen LogP contribution is -2.39. The predicted octanol–water partition coefficient (Wildman–Crippen LogP) is 2.14. The Hall–Kier alpha value is -1.84. The fraction of sp³-hybridized carbons (Fsp3) is 0.467. The highest BCUT2D eigenvalue weighted by Crippen LogP contribution is 2.20. The number of likely N-dealkylation sites (tertiary alicyclic amines) is 1. The molecule has 4 nitrogen and oxygen atoms in total. The molecule has 4 heteroatoms. The fourth-order valence-electron chi connectivity index (χ4n) is 2.41. The normalized spacial score (nSPS) is 16.2. The second-order valence-electron chi connectivity index (χ2n) is 4.91. The van der Waals surface area contributed by atoms with Crippen LogP contribution in [0.1, 0.15) is 30.1 Å². The topological polar surface area (TPSA) is 46.6 Å². The van der Waals surface area contributed by atoms with Crippen LogP contribution < -0.4 is 4.74 Å². The second kappa shape index (κ2) is 5.87. The lowest BCUT2D eigenvalue weighted by molar-refractivity contribution is -0.121. The quantitative estimate of drug-likeness (QED) is 0.837. The Kier molecular flexibility index (Phi) is 4.20. The zero-order valence-electron chi connectivity index (χ0n) is 11.4. The molecule has 2 rings (SSSR count). The molecule has 102 valence electrons. The van der Waals surface area contributed by atoms with Gasteiger partial charge in [0.2, 0.25) is 0 Å². The maximum absolute atomic E-state index is 12.3. The van der Waals surface area contributed by atoms with Crippen LogP contribution >= 0.6 is 0 Å². The van der Waals surface area contributed by atoms with Gasteiger partial charge >= 0.3 is 0 Å². The summed E-state index contributed by atoms with van der Waals surface area (Å²) in [6.07, 6.45) is 1.55. The van der Waals surface area contributed by atoms with Gasteiger partial charge in [0.05, 0.1) is 7.11 Å². The Bertz CT molecular complexity index is 459. The van der Waals surface area contributed by atoms with E-state index in [1.54, 1.807) is 38.3 Å². The van der Waals surface area contributed by atoms with Crippen molar-refractivity contribution in [2.24, 2.45) is 5.92 Å². The van der Waals surface area contributed by atoms with E-state index in [2.05, 4.69) is 0 Å². The van der Waals surface area contributed by atoms with Crippen molar-refractivity contribution < 1.29 is 14.3 Å².